The van der Waals surface area contributed by atoms with Crippen LogP contribution in [0.1, 0.15) is 23.7 Å². The van der Waals surface area contributed by atoms with E-state index in [-0.39, 0.29) is 39.3 Å². The molecular formula is C29H27F6N5O4S. The topological polar surface area (TPSA) is 137 Å². The number of nitrogens with two attached hydrogens (primary N) is 2. The van der Waals surface area contributed by atoms with E-state index in [1.165, 1.54) is 48.1 Å². The predicted molar refractivity (Wildman–Crippen MR) is 155 cm³/mol. The van der Waals surface area contributed by atoms with Gasteiger partial charge in [-0.1, -0.05) is 12.1 Å². The Labute approximate surface area is 253 Å². The Morgan fingerprint density at radius 1 is 1.04 bits per heavy atom. The zero-order valence-electron chi connectivity index (χ0n) is 23.9. The molecule has 1 aromatic heterocycles. The minimum Gasteiger partial charge on any atom is -0.406 e. The van der Waals surface area contributed by atoms with Crippen molar-refractivity contribution in [2.75, 3.05) is 11.3 Å². The highest BCUT2D eigenvalue weighted by atomic mass is 32.2. The van der Waals surface area contributed by atoms with Gasteiger partial charge in [-0.3, -0.25) is 9.69 Å². The summed E-state index contributed by atoms with van der Waals surface area (Å²) in [6.45, 7) is -0.207. The summed E-state index contributed by atoms with van der Waals surface area (Å²) in [5.74, 6) is 1.72. The maximum Gasteiger partial charge on any atom is 0.573 e. The van der Waals surface area contributed by atoms with Gasteiger partial charge in [0, 0.05) is 43.1 Å². The van der Waals surface area contributed by atoms with Gasteiger partial charge in [0.25, 0.3) is 5.92 Å². The second kappa shape index (κ2) is 12.1. The maximum atomic E-state index is 15.0. The fourth-order valence-corrected chi connectivity index (χ4v) is 5.55. The Hall–Kier alpha value is -4.54. The maximum absolute atomic E-state index is 15.0. The predicted octanol–water partition coefficient (Wildman–Crippen LogP) is 5.44. The normalized spacial score (nSPS) is 12.8. The van der Waals surface area contributed by atoms with Crippen LogP contribution in [0.5, 0.6) is 5.75 Å². The summed E-state index contributed by atoms with van der Waals surface area (Å²) in [5, 5.41) is 14.5. The molecule has 0 amide bonds. The van der Waals surface area contributed by atoms with Gasteiger partial charge in [0.15, 0.2) is 9.84 Å². The number of aromatic nitrogens is 2. The number of hydrogen-bond acceptors (Lipinski definition) is 8. The number of ether oxygens (including phenoxy) is 1. The van der Waals surface area contributed by atoms with Crippen LogP contribution in [0.2, 0.25) is 0 Å². The molecule has 5 N–H and O–H groups in total. The Morgan fingerprint density at radius 2 is 1.69 bits per heavy atom. The summed E-state index contributed by atoms with van der Waals surface area (Å²) in [6, 6.07) is 12.2. The van der Waals surface area contributed by atoms with Crippen LogP contribution in [0.25, 0.3) is 28.1 Å². The van der Waals surface area contributed by atoms with Gasteiger partial charge in [0.05, 0.1) is 28.6 Å². The summed E-state index contributed by atoms with van der Waals surface area (Å²) in [7, 11) is -2.57. The van der Waals surface area contributed by atoms with Crippen LogP contribution < -0.4 is 21.3 Å². The van der Waals surface area contributed by atoms with Gasteiger partial charge in [-0.25, -0.2) is 18.7 Å². The molecule has 4 rings (SSSR count). The van der Waals surface area contributed by atoms with E-state index in [2.05, 4.69) is 9.84 Å². The SMILES string of the molecule is Cn1nc(C(C)(F)F)cc1-c1ccc(-c2cc(F)c(CO)c(S(C)(=O)=O)c2)cc1N(N)/C(=C\N)c1ccc(OC(F)(F)F)cc1. The van der Waals surface area contributed by atoms with E-state index in [1.807, 2.05) is 0 Å². The zero-order valence-corrected chi connectivity index (χ0v) is 24.7. The van der Waals surface area contributed by atoms with Crippen LogP contribution in [-0.2, 0) is 29.4 Å². The number of nitrogens with zero attached hydrogens (tertiary/aromatic N) is 3. The van der Waals surface area contributed by atoms with Gasteiger partial charge in [-0.2, -0.15) is 13.9 Å². The summed E-state index contributed by atoms with van der Waals surface area (Å²) in [5.41, 5.74) is 5.98. The minimum absolute atomic E-state index is 0.0498. The molecule has 240 valence electrons. The summed E-state index contributed by atoms with van der Waals surface area (Å²) >= 11 is 0. The highest BCUT2D eigenvalue weighted by molar-refractivity contribution is 7.90. The van der Waals surface area contributed by atoms with E-state index in [0.29, 0.717) is 6.92 Å². The lowest BCUT2D eigenvalue weighted by molar-refractivity contribution is -0.274. The van der Waals surface area contributed by atoms with Gasteiger partial charge in [-0.15, -0.1) is 13.2 Å². The standard InChI is InChI=1S/C29H27F6N5O4S/c1-28(31,32)27-13-23(39(2)38-27)20-9-6-17(18-10-22(30)21(15-41)26(12-18)45(3,42)43)11-24(20)40(37)25(14-36)16-4-7-19(8-5-16)44-29(33,34)35/h4-14,41H,15,36-37H2,1-3H3/b25-14-. The molecule has 0 unspecified atom stereocenters. The molecule has 1 heterocycles. The molecule has 0 spiro atoms. The van der Waals surface area contributed by atoms with E-state index in [4.69, 9.17) is 11.6 Å². The number of sulfone groups is 1. The van der Waals surface area contributed by atoms with Crippen LogP contribution in [0, 0.1) is 5.82 Å². The highest BCUT2D eigenvalue weighted by Gasteiger charge is 2.32. The van der Waals surface area contributed by atoms with Crippen molar-refractivity contribution in [2.24, 2.45) is 18.6 Å². The first kappa shape index (κ1) is 33.4. The van der Waals surface area contributed by atoms with Crippen molar-refractivity contribution >= 4 is 21.2 Å². The van der Waals surface area contributed by atoms with Crippen LogP contribution in [0.4, 0.5) is 32.0 Å². The molecule has 9 nitrogen and oxygen atoms in total. The van der Waals surface area contributed by atoms with Crippen LogP contribution in [0.15, 0.2) is 71.8 Å². The molecule has 3 aromatic carbocycles. The number of aryl methyl sites for hydroxylation is 1. The van der Waals surface area contributed by atoms with Gasteiger partial charge in [-0.05, 0) is 59.7 Å². The molecule has 45 heavy (non-hydrogen) atoms. The van der Waals surface area contributed by atoms with Crippen molar-refractivity contribution in [3.05, 3.63) is 89.5 Å². The molecule has 0 aliphatic rings. The molecule has 0 fully saturated rings. The van der Waals surface area contributed by atoms with Crippen LogP contribution in [0.3, 0.4) is 0 Å². The molecule has 0 saturated carbocycles. The zero-order chi connectivity index (χ0) is 33.5. The van der Waals surface area contributed by atoms with Crippen molar-refractivity contribution in [1.82, 2.24) is 9.78 Å². The smallest absolute Gasteiger partial charge is 0.406 e. The molecule has 16 heteroatoms. The molecule has 0 aliphatic carbocycles. The van der Waals surface area contributed by atoms with E-state index < -0.39 is 56.4 Å². The number of hydrazine groups is 1. The molecule has 4 aromatic rings. The number of aliphatic hydroxyl groups excluding tert-OH is 1. The monoisotopic (exact) mass is 655 g/mol. The van der Waals surface area contributed by atoms with E-state index in [0.717, 1.165) is 41.7 Å². The number of halogens is 6. The molecule has 0 bridgehead atoms. The van der Waals surface area contributed by atoms with Gasteiger partial charge < -0.3 is 15.6 Å². The number of benzene rings is 3. The van der Waals surface area contributed by atoms with Crippen LogP contribution in [-0.4, -0.2) is 35.9 Å². The average Bonchev–Trinajstić information content (AvgIpc) is 3.34. The Kier molecular flexibility index (Phi) is 8.97. The van der Waals surface area contributed by atoms with Crippen molar-refractivity contribution < 1.29 is 44.6 Å². The number of rotatable bonds is 9. The summed E-state index contributed by atoms with van der Waals surface area (Å²) in [4.78, 5) is -0.444. The van der Waals surface area contributed by atoms with E-state index >= 15 is 0 Å². The number of anilines is 1. The summed E-state index contributed by atoms with van der Waals surface area (Å²) < 4.78 is 111. The first-order valence-corrected chi connectivity index (χ1v) is 14.8. The minimum atomic E-state index is -4.92. The third-order valence-corrected chi connectivity index (χ3v) is 7.87. The number of hydrogen-bond donors (Lipinski definition) is 3. The first-order chi connectivity index (χ1) is 20.8. The quantitative estimate of drug-likeness (QED) is 0.123. The lowest BCUT2D eigenvalue weighted by Crippen LogP contribution is -2.30. The second-order valence-corrected chi connectivity index (χ2v) is 12.0. The van der Waals surface area contributed by atoms with Gasteiger partial charge in [0.2, 0.25) is 0 Å². The number of alkyl halides is 5. The second-order valence-electron chi connectivity index (χ2n) is 10.0. The largest absolute Gasteiger partial charge is 0.573 e. The lowest BCUT2D eigenvalue weighted by atomic mass is 9.98. The molecule has 0 atom stereocenters. The average molecular weight is 656 g/mol. The van der Waals surface area contributed by atoms with E-state index in [9.17, 15) is 39.9 Å². The van der Waals surface area contributed by atoms with Crippen molar-refractivity contribution in [3.63, 3.8) is 0 Å². The Morgan fingerprint density at radius 3 is 2.20 bits per heavy atom. The fourth-order valence-electron chi connectivity index (χ4n) is 4.60. The van der Waals surface area contributed by atoms with Crippen molar-refractivity contribution in [2.45, 2.75) is 30.7 Å². The van der Waals surface area contributed by atoms with Crippen molar-refractivity contribution in [3.8, 4) is 28.1 Å². The third-order valence-electron chi connectivity index (χ3n) is 6.71. The van der Waals surface area contributed by atoms with Crippen LogP contribution >= 0.6 is 0 Å². The van der Waals surface area contributed by atoms with Gasteiger partial charge >= 0.3 is 6.36 Å². The molecular weight excluding hydrogens is 628 g/mol. The van der Waals surface area contributed by atoms with E-state index in [1.54, 1.807) is 0 Å². The van der Waals surface area contributed by atoms with Gasteiger partial charge in [0.1, 0.15) is 17.3 Å². The summed E-state index contributed by atoms with van der Waals surface area (Å²) in [6.07, 6.45) is -3.01. The number of aliphatic hydroxyl groups is 1. The Bertz CT molecular complexity index is 1870. The van der Waals surface area contributed by atoms with Crippen molar-refractivity contribution in [1.29, 1.82) is 0 Å². The highest BCUT2D eigenvalue weighted by Crippen LogP contribution is 2.40. The Balaban J connectivity index is 1.92. The fraction of sp³-hybridized carbons (Fsp3) is 0.207. The first-order valence-electron chi connectivity index (χ1n) is 12.9. The third kappa shape index (κ3) is 7.24. The molecule has 0 saturated heterocycles. The lowest BCUT2D eigenvalue weighted by Gasteiger charge is -2.26. The molecule has 0 aliphatic heterocycles. The molecule has 0 radical (unpaired) electrons.